The maximum Gasteiger partial charge on any atom is 0.410 e. The molecule has 32 heavy (non-hydrogen) atoms. The number of hydrogen-bond donors (Lipinski definition) is 0. The van der Waals surface area contributed by atoms with Crippen LogP contribution in [-0.2, 0) is 9.47 Å². The molecule has 170 valence electrons. The summed E-state index contributed by atoms with van der Waals surface area (Å²) in [5, 5.41) is 11.2. The summed E-state index contributed by atoms with van der Waals surface area (Å²) in [5.41, 5.74) is 0.507. The number of hydrogen-bond acceptors (Lipinski definition) is 7. The first kappa shape index (κ1) is 22.7. The minimum atomic E-state index is -0.617. The first-order valence-corrected chi connectivity index (χ1v) is 11.3. The molecule has 0 N–H and O–H groups in total. The Bertz CT molecular complexity index is 1150. The van der Waals surface area contributed by atoms with Gasteiger partial charge in [0, 0.05) is 24.1 Å². The standard InChI is InChI=1S/C22H23ClFN3O4S/c1-22(2,3)31-21(28)27-10-16(29-4)17(11-27)30-15-9-12(24)5-6-13(15)18-19-14(7-8-32-19)20(23)26-25-18/h5-9,16-17H,10-11H2,1-4H3/t16-,17+/m1/s1. The predicted molar refractivity (Wildman–Crippen MR) is 121 cm³/mol. The van der Waals surface area contributed by atoms with Crippen LogP contribution in [0, 0.1) is 5.82 Å². The van der Waals surface area contributed by atoms with Crippen molar-refractivity contribution < 1.29 is 23.4 Å². The van der Waals surface area contributed by atoms with Gasteiger partial charge in [0.25, 0.3) is 0 Å². The molecule has 1 aliphatic rings. The number of rotatable bonds is 4. The lowest BCUT2D eigenvalue weighted by atomic mass is 10.1. The molecule has 0 saturated carbocycles. The van der Waals surface area contributed by atoms with E-state index in [1.54, 1.807) is 33.9 Å². The summed E-state index contributed by atoms with van der Waals surface area (Å²) < 4.78 is 32.2. The molecule has 0 spiro atoms. The van der Waals surface area contributed by atoms with Crippen LogP contribution in [0.4, 0.5) is 9.18 Å². The third-order valence-electron chi connectivity index (χ3n) is 4.99. The van der Waals surface area contributed by atoms with E-state index in [1.807, 2.05) is 11.4 Å². The Kier molecular flexibility index (Phi) is 6.24. The fourth-order valence-corrected chi connectivity index (χ4v) is 4.68. The number of amides is 1. The van der Waals surface area contributed by atoms with Crippen LogP contribution in [0.3, 0.4) is 0 Å². The topological polar surface area (TPSA) is 73.8 Å². The Labute approximate surface area is 194 Å². The van der Waals surface area contributed by atoms with E-state index < -0.39 is 29.7 Å². The van der Waals surface area contributed by atoms with Gasteiger partial charge in [0.1, 0.15) is 35.1 Å². The minimum Gasteiger partial charge on any atom is -0.485 e. The first-order valence-electron chi connectivity index (χ1n) is 10.0. The van der Waals surface area contributed by atoms with Crippen LogP contribution < -0.4 is 4.74 Å². The molecule has 0 radical (unpaired) electrons. The molecule has 3 aromatic rings. The zero-order valence-corrected chi connectivity index (χ0v) is 19.7. The molecule has 3 heterocycles. The summed E-state index contributed by atoms with van der Waals surface area (Å²) in [5.74, 6) is -0.168. The molecule has 2 atom stereocenters. The molecule has 1 amide bonds. The third kappa shape index (κ3) is 4.65. The number of nitrogens with zero attached hydrogens (tertiary/aromatic N) is 3. The van der Waals surface area contributed by atoms with Crippen LogP contribution in [0.1, 0.15) is 20.8 Å². The summed E-state index contributed by atoms with van der Waals surface area (Å²) in [7, 11) is 1.55. The second-order valence-electron chi connectivity index (χ2n) is 8.46. The van der Waals surface area contributed by atoms with Gasteiger partial charge in [0.2, 0.25) is 0 Å². The monoisotopic (exact) mass is 479 g/mol. The lowest BCUT2D eigenvalue weighted by Gasteiger charge is -2.24. The third-order valence-corrected chi connectivity index (χ3v) is 6.19. The molecule has 0 aliphatic carbocycles. The number of ether oxygens (including phenoxy) is 3. The quantitative estimate of drug-likeness (QED) is 0.514. The van der Waals surface area contributed by atoms with Gasteiger partial charge in [-0.3, -0.25) is 0 Å². The lowest BCUT2D eigenvalue weighted by Crippen LogP contribution is -2.36. The summed E-state index contributed by atoms with van der Waals surface area (Å²) in [6, 6.07) is 6.10. The highest BCUT2D eigenvalue weighted by Gasteiger charge is 2.39. The van der Waals surface area contributed by atoms with E-state index in [0.717, 1.165) is 10.1 Å². The SMILES string of the molecule is CO[C@@H]1CN(C(=O)OC(C)(C)C)C[C@@H]1Oc1cc(F)ccc1-c1nnc(Cl)c2ccsc12. The lowest BCUT2D eigenvalue weighted by molar-refractivity contribution is 0.0241. The number of halogens is 2. The van der Waals surface area contributed by atoms with Gasteiger partial charge in [-0.1, -0.05) is 11.6 Å². The molecule has 7 nitrogen and oxygen atoms in total. The van der Waals surface area contributed by atoms with Gasteiger partial charge in [0.05, 0.1) is 17.8 Å². The van der Waals surface area contributed by atoms with Gasteiger partial charge in [-0.15, -0.1) is 21.5 Å². The van der Waals surface area contributed by atoms with Crippen molar-refractivity contribution in [3.8, 4) is 17.0 Å². The van der Waals surface area contributed by atoms with Gasteiger partial charge in [-0.25, -0.2) is 9.18 Å². The van der Waals surface area contributed by atoms with Crippen molar-refractivity contribution in [1.29, 1.82) is 0 Å². The number of aromatic nitrogens is 2. The maximum absolute atomic E-state index is 14.2. The van der Waals surface area contributed by atoms with E-state index in [0.29, 0.717) is 23.0 Å². The van der Waals surface area contributed by atoms with Crippen LogP contribution >= 0.6 is 22.9 Å². The first-order chi connectivity index (χ1) is 15.2. The van der Waals surface area contributed by atoms with Gasteiger partial charge in [-0.05, 0) is 44.4 Å². The van der Waals surface area contributed by atoms with E-state index in [4.69, 9.17) is 25.8 Å². The molecule has 1 aromatic carbocycles. The Balaban J connectivity index is 1.64. The normalized spacial score (nSPS) is 18.9. The van der Waals surface area contributed by atoms with Crippen LogP contribution in [0.25, 0.3) is 21.3 Å². The van der Waals surface area contributed by atoms with Crippen molar-refractivity contribution >= 4 is 39.1 Å². The van der Waals surface area contributed by atoms with Crippen LogP contribution in [-0.4, -0.2) is 59.2 Å². The predicted octanol–water partition coefficient (Wildman–Crippen LogP) is 5.16. The number of thiophene rings is 1. The van der Waals surface area contributed by atoms with Crippen molar-refractivity contribution in [2.45, 2.75) is 38.6 Å². The van der Waals surface area contributed by atoms with Crippen molar-refractivity contribution in [2.75, 3.05) is 20.2 Å². The average molecular weight is 480 g/mol. The van der Waals surface area contributed by atoms with Gasteiger partial charge < -0.3 is 19.1 Å². The van der Waals surface area contributed by atoms with E-state index >= 15 is 0 Å². The van der Waals surface area contributed by atoms with E-state index in [1.165, 1.54) is 28.4 Å². The van der Waals surface area contributed by atoms with E-state index in [9.17, 15) is 9.18 Å². The van der Waals surface area contributed by atoms with Crippen LogP contribution in [0.15, 0.2) is 29.6 Å². The van der Waals surface area contributed by atoms with Crippen LogP contribution in [0.2, 0.25) is 5.15 Å². The maximum atomic E-state index is 14.2. The number of methoxy groups -OCH3 is 1. The second kappa shape index (κ2) is 8.80. The van der Waals surface area contributed by atoms with Crippen molar-refractivity contribution in [1.82, 2.24) is 15.1 Å². The summed E-state index contributed by atoms with van der Waals surface area (Å²) >= 11 is 7.63. The van der Waals surface area contributed by atoms with Crippen LogP contribution in [0.5, 0.6) is 5.75 Å². The van der Waals surface area contributed by atoms with E-state index in [-0.39, 0.29) is 12.3 Å². The average Bonchev–Trinajstić information content (AvgIpc) is 3.35. The molecule has 1 saturated heterocycles. The number of carbonyl (C=O) groups excluding carboxylic acids is 1. The zero-order chi connectivity index (χ0) is 23.0. The van der Waals surface area contributed by atoms with E-state index in [2.05, 4.69) is 10.2 Å². The Morgan fingerprint density at radius 3 is 2.69 bits per heavy atom. The highest BCUT2D eigenvalue weighted by molar-refractivity contribution is 7.17. The van der Waals surface area contributed by atoms with Crippen molar-refractivity contribution in [3.05, 3.63) is 40.6 Å². The van der Waals surface area contributed by atoms with Gasteiger partial charge in [0.15, 0.2) is 5.15 Å². The molecular weight excluding hydrogens is 457 g/mol. The number of carbonyl (C=O) groups is 1. The number of benzene rings is 1. The molecule has 1 aliphatic heterocycles. The molecule has 10 heteroatoms. The molecule has 4 rings (SSSR count). The molecule has 2 aromatic heterocycles. The Morgan fingerprint density at radius 2 is 1.97 bits per heavy atom. The largest absolute Gasteiger partial charge is 0.485 e. The second-order valence-corrected chi connectivity index (χ2v) is 9.73. The zero-order valence-electron chi connectivity index (χ0n) is 18.1. The molecular formula is C22H23ClFN3O4S. The molecule has 0 bridgehead atoms. The van der Waals surface area contributed by atoms with Crippen molar-refractivity contribution in [2.24, 2.45) is 0 Å². The summed E-state index contributed by atoms with van der Waals surface area (Å²) in [6.45, 7) is 5.96. The molecule has 1 fully saturated rings. The minimum absolute atomic E-state index is 0.240. The highest BCUT2D eigenvalue weighted by atomic mass is 35.5. The fraction of sp³-hybridized carbons (Fsp3) is 0.409. The van der Waals surface area contributed by atoms with Gasteiger partial charge >= 0.3 is 6.09 Å². The Hall–Kier alpha value is -2.49. The van der Waals surface area contributed by atoms with Crippen molar-refractivity contribution in [3.63, 3.8) is 0 Å². The number of fused-ring (bicyclic) bond motifs is 1. The van der Waals surface area contributed by atoms with Gasteiger partial charge in [-0.2, -0.15) is 0 Å². The molecule has 0 unspecified atom stereocenters. The number of likely N-dealkylation sites (tertiary alicyclic amines) is 1. The summed E-state index contributed by atoms with van der Waals surface area (Å²) in [4.78, 5) is 14.0. The Morgan fingerprint density at radius 1 is 1.22 bits per heavy atom. The fourth-order valence-electron chi connectivity index (χ4n) is 3.54. The smallest absolute Gasteiger partial charge is 0.410 e. The highest BCUT2D eigenvalue weighted by Crippen LogP contribution is 2.39. The summed E-state index contributed by atoms with van der Waals surface area (Å²) in [6.07, 6.45) is -1.38.